The number of nitriles is 1. The number of nitrogens with zero attached hydrogens (tertiary/aromatic N) is 4. The predicted octanol–water partition coefficient (Wildman–Crippen LogP) is 3.85. The molecule has 8 heteroatoms. The van der Waals surface area contributed by atoms with E-state index < -0.39 is 0 Å². The van der Waals surface area contributed by atoms with E-state index in [-0.39, 0.29) is 12.1 Å². The van der Waals surface area contributed by atoms with Gasteiger partial charge in [0, 0.05) is 31.6 Å². The molecule has 3 rings (SSSR count). The maximum absolute atomic E-state index is 12.9. The quantitative estimate of drug-likeness (QED) is 0.844. The Bertz CT molecular complexity index is 874. The number of aromatic nitrogens is 1. The van der Waals surface area contributed by atoms with E-state index in [0.717, 1.165) is 30.3 Å². The first-order chi connectivity index (χ1) is 13.5. The van der Waals surface area contributed by atoms with E-state index >= 15 is 0 Å². The molecule has 0 radical (unpaired) electrons. The molecule has 1 aliphatic rings. The summed E-state index contributed by atoms with van der Waals surface area (Å²) in [6, 6.07) is 6.99. The van der Waals surface area contributed by atoms with Crippen molar-refractivity contribution in [2.45, 2.75) is 33.3 Å². The molecule has 0 unspecified atom stereocenters. The van der Waals surface area contributed by atoms with Crippen molar-refractivity contribution in [3.05, 3.63) is 34.8 Å². The Kier molecular flexibility index (Phi) is 6.37. The maximum Gasteiger partial charge on any atom is 0.322 e. The molecule has 1 aliphatic heterocycles. The third-order valence-corrected chi connectivity index (χ3v) is 5.39. The van der Waals surface area contributed by atoms with E-state index in [1.807, 2.05) is 26.2 Å². The van der Waals surface area contributed by atoms with Crippen molar-refractivity contribution in [1.29, 1.82) is 5.26 Å². The van der Waals surface area contributed by atoms with Crippen molar-refractivity contribution in [1.82, 2.24) is 9.88 Å². The number of rotatable bonds is 4. The van der Waals surface area contributed by atoms with E-state index in [0.29, 0.717) is 30.1 Å². The SMILES string of the molecule is Cc1csc(N2CCCN(C(=O)Nc3cc(C#N)ccc3OC(C)C)CC2)n1. The molecule has 2 aromatic rings. The summed E-state index contributed by atoms with van der Waals surface area (Å²) in [4.78, 5) is 21.4. The standard InChI is InChI=1S/C20H25N5O2S/c1-14(2)27-18-6-5-16(12-21)11-17(18)23-19(26)24-7-4-8-25(10-9-24)20-22-15(3)13-28-20/h5-6,11,13-14H,4,7-10H2,1-3H3,(H,23,26). The van der Waals surface area contributed by atoms with Crippen molar-refractivity contribution in [3.63, 3.8) is 0 Å². The van der Waals surface area contributed by atoms with Gasteiger partial charge in [-0.05, 0) is 45.4 Å². The summed E-state index contributed by atoms with van der Waals surface area (Å²) >= 11 is 1.64. The van der Waals surface area contributed by atoms with Gasteiger partial charge in [-0.1, -0.05) is 0 Å². The zero-order valence-electron chi connectivity index (χ0n) is 16.4. The van der Waals surface area contributed by atoms with Gasteiger partial charge in [-0.25, -0.2) is 9.78 Å². The lowest BCUT2D eigenvalue weighted by Crippen LogP contribution is -2.38. The van der Waals surface area contributed by atoms with Crippen LogP contribution >= 0.6 is 11.3 Å². The van der Waals surface area contributed by atoms with Gasteiger partial charge in [0.25, 0.3) is 0 Å². The van der Waals surface area contributed by atoms with Crippen molar-refractivity contribution in [2.75, 3.05) is 36.4 Å². The fraction of sp³-hybridized carbons (Fsp3) is 0.450. The molecule has 1 aromatic carbocycles. The minimum absolute atomic E-state index is 0.0305. The molecular formula is C20H25N5O2S. The molecule has 7 nitrogen and oxygen atoms in total. The first-order valence-electron chi connectivity index (χ1n) is 9.40. The van der Waals surface area contributed by atoms with Gasteiger partial charge in [0.1, 0.15) is 5.75 Å². The maximum atomic E-state index is 12.9. The number of carbonyl (C=O) groups excluding carboxylic acids is 1. The van der Waals surface area contributed by atoms with Crippen LogP contribution in [0.2, 0.25) is 0 Å². The summed E-state index contributed by atoms with van der Waals surface area (Å²) in [5.74, 6) is 0.567. The van der Waals surface area contributed by atoms with Crippen LogP contribution in [0.25, 0.3) is 0 Å². The molecule has 1 saturated heterocycles. The summed E-state index contributed by atoms with van der Waals surface area (Å²) < 4.78 is 5.78. The highest BCUT2D eigenvalue weighted by Crippen LogP contribution is 2.27. The number of hydrogen-bond donors (Lipinski definition) is 1. The number of urea groups is 1. The van der Waals surface area contributed by atoms with Crippen LogP contribution in [0.5, 0.6) is 5.75 Å². The second kappa shape index (κ2) is 8.93. The molecule has 1 fully saturated rings. The second-order valence-corrected chi connectivity index (χ2v) is 7.86. The smallest absolute Gasteiger partial charge is 0.322 e. The van der Waals surface area contributed by atoms with E-state index in [4.69, 9.17) is 10.00 Å². The fourth-order valence-corrected chi connectivity index (χ4v) is 3.90. The Morgan fingerprint density at radius 2 is 2.14 bits per heavy atom. The zero-order chi connectivity index (χ0) is 20.1. The number of benzene rings is 1. The summed E-state index contributed by atoms with van der Waals surface area (Å²) in [5.41, 5.74) is 2.02. The lowest BCUT2D eigenvalue weighted by atomic mass is 10.2. The number of ether oxygens (including phenoxy) is 1. The van der Waals surface area contributed by atoms with Crippen molar-refractivity contribution < 1.29 is 9.53 Å². The normalized spacial score (nSPS) is 14.5. The molecule has 0 atom stereocenters. The van der Waals surface area contributed by atoms with Crippen LogP contribution < -0.4 is 15.0 Å². The van der Waals surface area contributed by atoms with E-state index in [9.17, 15) is 4.79 Å². The molecule has 0 spiro atoms. The van der Waals surface area contributed by atoms with Crippen LogP contribution in [-0.4, -0.2) is 48.2 Å². The summed E-state index contributed by atoms with van der Waals surface area (Å²) in [6.45, 7) is 8.74. The van der Waals surface area contributed by atoms with Crippen LogP contribution in [0.3, 0.4) is 0 Å². The number of aryl methyl sites for hydroxylation is 1. The van der Waals surface area contributed by atoms with Gasteiger partial charge in [-0.3, -0.25) is 0 Å². The Labute approximate surface area is 169 Å². The number of anilines is 2. The average Bonchev–Trinajstić information content (AvgIpc) is 2.94. The second-order valence-electron chi connectivity index (χ2n) is 7.02. The van der Waals surface area contributed by atoms with Crippen molar-refractivity contribution in [2.24, 2.45) is 0 Å². The monoisotopic (exact) mass is 399 g/mol. The van der Waals surface area contributed by atoms with Crippen LogP contribution in [0, 0.1) is 18.3 Å². The average molecular weight is 400 g/mol. The zero-order valence-corrected chi connectivity index (χ0v) is 17.3. The van der Waals surface area contributed by atoms with Gasteiger partial charge in [0.05, 0.1) is 29.1 Å². The Balaban J connectivity index is 1.68. The summed E-state index contributed by atoms with van der Waals surface area (Å²) in [5, 5.41) is 15.1. The first-order valence-corrected chi connectivity index (χ1v) is 10.3. The van der Waals surface area contributed by atoms with Gasteiger partial charge in [0.15, 0.2) is 5.13 Å². The van der Waals surface area contributed by atoms with Crippen molar-refractivity contribution in [3.8, 4) is 11.8 Å². The minimum atomic E-state index is -0.180. The lowest BCUT2D eigenvalue weighted by molar-refractivity contribution is 0.214. The number of carbonyl (C=O) groups is 1. The highest BCUT2D eigenvalue weighted by Gasteiger charge is 2.22. The first kappa shape index (κ1) is 20.0. The molecule has 0 saturated carbocycles. The highest BCUT2D eigenvalue weighted by molar-refractivity contribution is 7.13. The largest absolute Gasteiger partial charge is 0.489 e. The van der Waals surface area contributed by atoms with E-state index in [1.165, 1.54) is 0 Å². The van der Waals surface area contributed by atoms with Gasteiger partial charge >= 0.3 is 6.03 Å². The van der Waals surface area contributed by atoms with Gasteiger partial charge in [-0.2, -0.15) is 5.26 Å². The summed E-state index contributed by atoms with van der Waals surface area (Å²) in [7, 11) is 0. The number of hydrogen-bond acceptors (Lipinski definition) is 6. The molecule has 0 bridgehead atoms. The number of nitrogens with one attached hydrogen (secondary N) is 1. The van der Waals surface area contributed by atoms with E-state index in [1.54, 1.807) is 34.4 Å². The fourth-order valence-electron chi connectivity index (χ4n) is 3.05. The Morgan fingerprint density at radius 1 is 1.32 bits per heavy atom. The number of thiazole rings is 1. The molecule has 28 heavy (non-hydrogen) atoms. The van der Waals surface area contributed by atoms with Crippen LogP contribution in [0.1, 0.15) is 31.5 Å². The van der Waals surface area contributed by atoms with Crippen LogP contribution in [-0.2, 0) is 0 Å². The topological polar surface area (TPSA) is 81.5 Å². The number of amides is 2. The molecule has 0 aliphatic carbocycles. The molecule has 1 aromatic heterocycles. The van der Waals surface area contributed by atoms with E-state index in [2.05, 4.69) is 21.3 Å². The predicted molar refractivity (Wildman–Crippen MR) is 111 cm³/mol. The summed E-state index contributed by atoms with van der Waals surface area (Å²) in [6.07, 6.45) is 0.844. The van der Waals surface area contributed by atoms with Crippen LogP contribution in [0.4, 0.5) is 15.6 Å². The van der Waals surface area contributed by atoms with Crippen molar-refractivity contribution >= 4 is 28.2 Å². The molecular weight excluding hydrogens is 374 g/mol. The Morgan fingerprint density at radius 3 is 2.82 bits per heavy atom. The molecule has 1 N–H and O–H groups in total. The molecule has 2 amide bonds. The molecule has 2 heterocycles. The minimum Gasteiger partial charge on any atom is -0.489 e. The van der Waals surface area contributed by atoms with Crippen LogP contribution in [0.15, 0.2) is 23.6 Å². The van der Waals surface area contributed by atoms with Gasteiger partial charge < -0.3 is 19.9 Å². The highest BCUT2D eigenvalue weighted by atomic mass is 32.1. The third-order valence-electron chi connectivity index (χ3n) is 4.37. The van der Waals surface area contributed by atoms with Gasteiger partial charge in [-0.15, -0.1) is 11.3 Å². The molecule has 148 valence electrons. The Hall–Kier alpha value is -2.79. The third kappa shape index (κ3) is 4.93. The lowest BCUT2D eigenvalue weighted by Gasteiger charge is -2.23. The van der Waals surface area contributed by atoms with Gasteiger partial charge in [0.2, 0.25) is 0 Å².